The van der Waals surface area contributed by atoms with E-state index in [4.69, 9.17) is 9.47 Å². The lowest BCUT2D eigenvalue weighted by molar-refractivity contribution is -0.136. The summed E-state index contributed by atoms with van der Waals surface area (Å²) < 4.78 is 10.7. The number of ether oxygens (including phenoxy) is 2. The minimum atomic E-state index is -0.958. The number of esters is 1. The highest BCUT2D eigenvalue weighted by Gasteiger charge is 2.55. The summed E-state index contributed by atoms with van der Waals surface area (Å²) in [6.07, 6.45) is 7.15. The van der Waals surface area contributed by atoms with Gasteiger partial charge in [-0.2, -0.15) is 5.10 Å². The van der Waals surface area contributed by atoms with Crippen LogP contribution in [0.3, 0.4) is 0 Å². The van der Waals surface area contributed by atoms with Crippen molar-refractivity contribution in [1.82, 2.24) is 5.43 Å². The van der Waals surface area contributed by atoms with E-state index in [9.17, 15) is 14.4 Å². The van der Waals surface area contributed by atoms with Gasteiger partial charge in [-0.3, -0.25) is 15.0 Å². The number of nitrogens with one attached hydrogen (secondary N) is 1. The number of anilines is 1. The standard InChI is InChI=1S/C22H29N3O5/c1-3-5-6-7-8-9-14-30-16-12-10-15(11-13-16)25-20(26)17-18(21(25)27)23-24-19(17)22(28)29-4-2/h10-13,17-18,23H,3-9,14H2,1-2H3. The maximum atomic E-state index is 12.9. The maximum Gasteiger partial charge on any atom is 0.355 e. The average Bonchev–Trinajstić information content (AvgIpc) is 3.28. The van der Waals surface area contributed by atoms with E-state index in [2.05, 4.69) is 17.5 Å². The molecule has 3 rings (SSSR count). The summed E-state index contributed by atoms with van der Waals surface area (Å²) >= 11 is 0. The zero-order chi connectivity index (χ0) is 21.5. The van der Waals surface area contributed by atoms with Crippen LogP contribution in [0.25, 0.3) is 0 Å². The second-order valence-electron chi connectivity index (χ2n) is 7.42. The summed E-state index contributed by atoms with van der Waals surface area (Å²) in [7, 11) is 0. The van der Waals surface area contributed by atoms with Crippen molar-refractivity contribution in [3.05, 3.63) is 24.3 Å². The first-order valence-corrected chi connectivity index (χ1v) is 10.7. The van der Waals surface area contributed by atoms with Gasteiger partial charge in [-0.05, 0) is 37.6 Å². The quantitative estimate of drug-likeness (QED) is 0.339. The monoisotopic (exact) mass is 415 g/mol. The molecule has 2 unspecified atom stereocenters. The van der Waals surface area contributed by atoms with Gasteiger partial charge in [-0.1, -0.05) is 39.0 Å². The van der Waals surface area contributed by atoms with Crippen LogP contribution < -0.4 is 15.1 Å². The molecule has 2 aliphatic rings. The van der Waals surface area contributed by atoms with Gasteiger partial charge in [0.25, 0.3) is 5.91 Å². The summed E-state index contributed by atoms with van der Waals surface area (Å²) in [6.45, 7) is 4.68. The van der Waals surface area contributed by atoms with Crippen LogP contribution >= 0.6 is 0 Å². The number of nitrogens with zero attached hydrogens (tertiary/aromatic N) is 2. The van der Waals surface area contributed by atoms with E-state index in [0.717, 1.165) is 17.7 Å². The number of hydrogen-bond acceptors (Lipinski definition) is 7. The van der Waals surface area contributed by atoms with Gasteiger partial charge in [0.05, 0.1) is 18.9 Å². The molecule has 2 amide bonds. The third kappa shape index (κ3) is 4.63. The molecule has 0 bridgehead atoms. The summed E-state index contributed by atoms with van der Waals surface area (Å²) in [4.78, 5) is 38.7. The number of fused-ring (bicyclic) bond motifs is 1. The average molecular weight is 415 g/mol. The molecule has 2 atom stereocenters. The van der Waals surface area contributed by atoms with Gasteiger partial charge in [0.1, 0.15) is 17.7 Å². The molecule has 1 fully saturated rings. The number of amides is 2. The first-order valence-electron chi connectivity index (χ1n) is 10.7. The Kier molecular flexibility index (Phi) is 7.43. The summed E-state index contributed by atoms with van der Waals surface area (Å²) in [5.41, 5.74) is 2.99. The fraction of sp³-hybridized carbons (Fsp3) is 0.545. The van der Waals surface area contributed by atoms with Gasteiger partial charge in [0.15, 0.2) is 5.71 Å². The van der Waals surface area contributed by atoms with E-state index < -0.39 is 29.7 Å². The van der Waals surface area contributed by atoms with Gasteiger partial charge in [-0.15, -0.1) is 0 Å². The molecule has 30 heavy (non-hydrogen) atoms. The van der Waals surface area contributed by atoms with Crippen LogP contribution in [-0.4, -0.2) is 42.8 Å². The van der Waals surface area contributed by atoms with E-state index >= 15 is 0 Å². The normalized spacial score (nSPS) is 20.1. The number of hydrogen-bond donors (Lipinski definition) is 1. The number of unbranched alkanes of at least 4 members (excludes halogenated alkanes) is 5. The summed E-state index contributed by atoms with van der Waals surface area (Å²) in [6, 6.07) is 5.97. The van der Waals surface area contributed by atoms with Crippen molar-refractivity contribution in [3.8, 4) is 5.75 Å². The Hall–Kier alpha value is -2.90. The van der Waals surface area contributed by atoms with Crippen molar-refractivity contribution in [1.29, 1.82) is 0 Å². The van der Waals surface area contributed by atoms with Gasteiger partial charge >= 0.3 is 5.97 Å². The van der Waals surface area contributed by atoms with Gasteiger partial charge in [-0.25, -0.2) is 9.69 Å². The molecule has 1 N–H and O–H groups in total. The Labute approximate surface area is 176 Å². The SMILES string of the molecule is CCCCCCCCOc1ccc(N2C(=O)C3NN=C(C(=O)OCC)C3C2=O)cc1. The zero-order valence-corrected chi connectivity index (χ0v) is 17.6. The molecule has 0 aliphatic carbocycles. The molecule has 2 aliphatic heterocycles. The Balaban J connectivity index is 1.56. The van der Waals surface area contributed by atoms with E-state index in [0.29, 0.717) is 18.0 Å². The Bertz CT molecular complexity index is 805. The Morgan fingerprint density at radius 2 is 1.73 bits per heavy atom. The third-order valence-electron chi connectivity index (χ3n) is 5.27. The molecule has 0 aromatic heterocycles. The second-order valence-corrected chi connectivity index (χ2v) is 7.42. The number of rotatable bonds is 11. The Morgan fingerprint density at radius 3 is 2.43 bits per heavy atom. The highest BCUT2D eigenvalue weighted by Crippen LogP contribution is 2.31. The highest BCUT2D eigenvalue weighted by molar-refractivity contribution is 6.46. The summed E-state index contributed by atoms with van der Waals surface area (Å²) in [5, 5.41) is 3.85. The molecule has 0 spiro atoms. The molecule has 2 heterocycles. The lowest BCUT2D eigenvalue weighted by atomic mass is 9.99. The molecule has 8 nitrogen and oxygen atoms in total. The predicted octanol–water partition coefficient (Wildman–Crippen LogP) is 2.81. The summed E-state index contributed by atoms with van der Waals surface area (Å²) in [5.74, 6) is -1.87. The van der Waals surface area contributed by atoms with Crippen LogP contribution in [0.15, 0.2) is 29.4 Å². The van der Waals surface area contributed by atoms with Crippen LogP contribution in [0.4, 0.5) is 5.69 Å². The molecule has 8 heteroatoms. The van der Waals surface area contributed by atoms with Gasteiger partial charge < -0.3 is 9.47 Å². The molecule has 1 saturated heterocycles. The molecule has 0 radical (unpaired) electrons. The number of hydrazone groups is 1. The molecule has 0 saturated carbocycles. The molecular formula is C22H29N3O5. The molecule has 162 valence electrons. The van der Waals surface area contributed by atoms with E-state index in [1.54, 1.807) is 31.2 Å². The van der Waals surface area contributed by atoms with Crippen molar-refractivity contribution in [2.24, 2.45) is 11.0 Å². The van der Waals surface area contributed by atoms with Crippen LogP contribution in [0, 0.1) is 5.92 Å². The first-order chi connectivity index (χ1) is 14.6. The number of carbonyl (C=O) groups excluding carboxylic acids is 3. The lowest BCUT2D eigenvalue weighted by Crippen LogP contribution is -2.36. The highest BCUT2D eigenvalue weighted by atomic mass is 16.5. The molecule has 1 aromatic rings. The zero-order valence-electron chi connectivity index (χ0n) is 17.6. The molecule has 1 aromatic carbocycles. The number of benzene rings is 1. The van der Waals surface area contributed by atoms with Crippen molar-refractivity contribution >= 4 is 29.2 Å². The fourth-order valence-corrected chi connectivity index (χ4v) is 3.68. The van der Waals surface area contributed by atoms with E-state index in [-0.39, 0.29) is 12.3 Å². The topological polar surface area (TPSA) is 97.3 Å². The largest absolute Gasteiger partial charge is 0.494 e. The lowest BCUT2D eigenvalue weighted by Gasteiger charge is -2.16. The second kappa shape index (κ2) is 10.2. The Morgan fingerprint density at radius 1 is 1.03 bits per heavy atom. The van der Waals surface area contributed by atoms with Gasteiger partial charge in [0.2, 0.25) is 5.91 Å². The van der Waals surface area contributed by atoms with Crippen LogP contribution in [0.2, 0.25) is 0 Å². The minimum absolute atomic E-state index is 0.0541. The van der Waals surface area contributed by atoms with Crippen molar-refractivity contribution in [3.63, 3.8) is 0 Å². The predicted molar refractivity (Wildman–Crippen MR) is 112 cm³/mol. The van der Waals surface area contributed by atoms with E-state index in [1.165, 1.54) is 25.7 Å². The van der Waals surface area contributed by atoms with Crippen molar-refractivity contribution in [2.75, 3.05) is 18.1 Å². The first kappa shape index (κ1) is 21.8. The van der Waals surface area contributed by atoms with Crippen LogP contribution in [0.1, 0.15) is 52.4 Å². The maximum absolute atomic E-state index is 12.9. The van der Waals surface area contributed by atoms with Crippen molar-refractivity contribution < 1.29 is 23.9 Å². The van der Waals surface area contributed by atoms with Crippen molar-refractivity contribution in [2.45, 2.75) is 58.4 Å². The van der Waals surface area contributed by atoms with Crippen LogP contribution in [-0.2, 0) is 19.1 Å². The third-order valence-corrected chi connectivity index (χ3v) is 5.27. The smallest absolute Gasteiger partial charge is 0.355 e. The van der Waals surface area contributed by atoms with Crippen LogP contribution in [0.5, 0.6) is 5.75 Å². The van der Waals surface area contributed by atoms with Gasteiger partial charge in [0, 0.05) is 0 Å². The fourth-order valence-electron chi connectivity index (χ4n) is 3.68. The minimum Gasteiger partial charge on any atom is -0.494 e. The number of carbonyl (C=O) groups is 3. The molecular weight excluding hydrogens is 386 g/mol. The van der Waals surface area contributed by atoms with E-state index in [1.807, 2.05) is 0 Å². The number of imide groups is 1.